The lowest BCUT2D eigenvalue weighted by atomic mass is 9.87. The van der Waals surface area contributed by atoms with Crippen LogP contribution in [-0.2, 0) is 28.9 Å². The first kappa shape index (κ1) is 22.1. The molecule has 0 spiro atoms. The Bertz CT molecular complexity index is 1260. The third-order valence-corrected chi connectivity index (χ3v) is 7.95. The summed E-state index contributed by atoms with van der Waals surface area (Å²) in [6, 6.07) is 5.81. The number of hydrogen-bond acceptors (Lipinski definition) is 7. The highest BCUT2D eigenvalue weighted by atomic mass is 32.2. The van der Waals surface area contributed by atoms with Crippen molar-refractivity contribution in [2.24, 2.45) is 5.92 Å². The predicted octanol–water partition coefficient (Wildman–Crippen LogP) is 4.78. The molecule has 6 nitrogen and oxygen atoms in total. The molecule has 2 aromatic heterocycles. The lowest BCUT2D eigenvalue weighted by Crippen LogP contribution is -2.35. The molecule has 11 heteroatoms. The van der Waals surface area contributed by atoms with Gasteiger partial charge in [0.15, 0.2) is 5.12 Å². The number of aryl methyl sites for hydroxylation is 1. The van der Waals surface area contributed by atoms with Crippen molar-refractivity contribution in [2.45, 2.75) is 43.2 Å². The lowest BCUT2D eigenvalue weighted by Gasteiger charge is -2.22. The van der Waals surface area contributed by atoms with Crippen molar-refractivity contribution < 1.29 is 22.8 Å². The van der Waals surface area contributed by atoms with Gasteiger partial charge in [0.05, 0.1) is 11.8 Å². The first-order chi connectivity index (χ1) is 15.8. The fraction of sp³-hybridized carbons (Fsp3) is 0.364. The van der Waals surface area contributed by atoms with E-state index in [0.717, 1.165) is 36.8 Å². The maximum atomic E-state index is 12.4. The van der Waals surface area contributed by atoms with Crippen molar-refractivity contribution in [1.82, 2.24) is 15.3 Å². The Kier molecular flexibility index (Phi) is 5.77. The van der Waals surface area contributed by atoms with Gasteiger partial charge >= 0.3 is 6.18 Å². The molecule has 1 aromatic carbocycles. The Labute approximate surface area is 195 Å². The smallest absolute Gasteiger partial charge is 0.356 e. The van der Waals surface area contributed by atoms with Gasteiger partial charge in [-0.15, -0.1) is 11.3 Å². The summed E-state index contributed by atoms with van der Waals surface area (Å²) in [5, 5.41) is 6.82. The summed E-state index contributed by atoms with van der Waals surface area (Å²) in [4.78, 5) is 35.7. The van der Waals surface area contributed by atoms with Crippen LogP contribution in [0.15, 0.2) is 29.4 Å². The van der Waals surface area contributed by atoms with E-state index in [9.17, 15) is 22.8 Å². The van der Waals surface area contributed by atoms with Crippen LogP contribution in [0.3, 0.4) is 0 Å². The molecule has 2 aliphatic rings. The van der Waals surface area contributed by atoms with Crippen molar-refractivity contribution in [2.75, 3.05) is 11.9 Å². The Morgan fingerprint density at radius 3 is 2.91 bits per heavy atom. The number of nitrogens with zero attached hydrogens (tertiary/aromatic N) is 2. The molecule has 1 atom stereocenters. The summed E-state index contributed by atoms with van der Waals surface area (Å²) < 4.78 is 37.1. The van der Waals surface area contributed by atoms with Crippen molar-refractivity contribution in [1.29, 1.82) is 0 Å². The van der Waals surface area contributed by atoms with Crippen LogP contribution in [-0.4, -0.2) is 33.7 Å². The normalized spacial score (nSPS) is 17.7. The van der Waals surface area contributed by atoms with Crippen LogP contribution < -0.4 is 10.6 Å². The first-order valence-corrected chi connectivity index (χ1v) is 12.1. The SMILES string of the molecule is O=C1Cc2ccc(Nc3ncnc4sc5c(c34)CCC(C(=O)NCCC(F)(F)F)C5)cc2S1. The summed E-state index contributed by atoms with van der Waals surface area (Å²) in [6.45, 7) is -0.400. The van der Waals surface area contributed by atoms with Gasteiger partial charge < -0.3 is 10.6 Å². The number of halogens is 3. The number of carbonyl (C=O) groups excluding carboxylic acids is 2. The highest BCUT2D eigenvalue weighted by Gasteiger charge is 2.31. The highest BCUT2D eigenvalue weighted by Crippen LogP contribution is 2.41. The third kappa shape index (κ3) is 4.70. The van der Waals surface area contributed by atoms with Crippen LogP contribution in [0.1, 0.15) is 28.8 Å². The molecule has 1 unspecified atom stereocenters. The number of carbonyl (C=O) groups is 2. The van der Waals surface area contributed by atoms with Crippen LogP contribution in [0.4, 0.5) is 24.7 Å². The fourth-order valence-corrected chi connectivity index (χ4v) is 6.42. The number of thiophene rings is 1. The molecule has 172 valence electrons. The van der Waals surface area contributed by atoms with E-state index in [1.165, 1.54) is 29.4 Å². The van der Waals surface area contributed by atoms with Gasteiger partial charge in [0, 0.05) is 34.3 Å². The minimum absolute atomic E-state index is 0.135. The van der Waals surface area contributed by atoms with Crippen LogP contribution in [0, 0.1) is 5.92 Å². The summed E-state index contributed by atoms with van der Waals surface area (Å²) in [7, 11) is 0. The Morgan fingerprint density at radius 2 is 2.09 bits per heavy atom. The summed E-state index contributed by atoms with van der Waals surface area (Å²) in [6.07, 6.45) is -1.72. The molecule has 3 aromatic rings. The number of fused-ring (bicyclic) bond motifs is 4. The van der Waals surface area contributed by atoms with E-state index in [2.05, 4.69) is 20.6 Å². The van der Waals surface area contributed by atoms with Gasteiger partial charge in [0.1, 0.15) is 17.0 Å². The first-order valence-electron chi connectivity index (χ1n) is 10.5. The summed E-state index contributed by atoms with van der Waals surface area (Å²) in [5.74, 6) is -0.0220. The maximum absolute atomic E-state index is 12.4. The molecule has 33 heavy (non-hydrogen) atoms. The van der Waals surface area contributed by atoms with Gasteiger partial charge in [0.2, 0.25) is 5.91 Å². The Balaban J connectivity index is 1.34. The standard InChI is InChI=1S/C22H19F3N4O2S2/c23-22(24,25)5-6-26-20(31)12-2-4-14-16(7-12)33-21-18(14)19(27-10-28-21)29-13-3-1-11-8-17(30)32-15(11)9-13/h1,3,9-10,12H,2,4-8H2,(H,26,31)(H,27,28,29). The molecule has 3 heterocycles. The second-order valence-electron chi connectivity index (χ2n) is 8.10. The zero-order valence-electron chi connectivity index (χ0n) is 17.3. The topological polar surface area (TPSA) is 84.0 Å². The number of alkyl halides is 3. The molecule has 0 radical (unpaired) electrons. The van der Waals surface area contributed by atoms with E-state index < -0.39 is 19.1 Å². The van der Waals surface area contributed by atoms with Gasteiger partial charge in [0.25, 0.3) is 0 Å². The van der Waals surface area contributed by atoms with Crippen molar-refractivity contribution in [3.8, 4) is 0 Å². The quantitative estimate of drug-likeness (QED) is 0.533. The minimum atomic E-state index is -4.28. The molecule has 2 N–H and O–H groups in total. The van der Waals surface area contributed by atoms with Gasteiger partial charge in [-0.1, -0.05) is 17.8 Å². The number of nitrogens with one attached hydrogen (secondary N) is 2. The van der Waals surface area contributed by atoms with Gasteiger partial charge in [-0.2, -0.15) is 13.2 Å². The number of amides is 1. The summed E-state index contributed by atoms with van der Waals surface area (Å²) >= 11 is 2.74. The minimum Gasteiger partial charge on any atom is -0.356 e. The van der Waals surface area contributed by atoms with E-state index in [-0.39, 0.29) is 16.9 Å². The third-order valence-electron chi connectivity index (χ3n) is 5.81. The molecule has 1 aliphatic heterocycles. The zero-order chi connectivity index (χ0) is 23.2. The molecule has 1 amide bonds. The molecule has 0 saturated carbocycles. The van der Waals surface area contributed by atoms with E-state index >= 15 is 0 Å². The van der Waals surface area contributed by atoms with Crippen molar-refractivity contribution in [3.05, 3.63) is 40.5 Å². The average Bonchev–Trinajstić information content (AvgIpc) is 3.31. The van der Waals surface area contributed by atoms with Gasteiger partial charge in [-0.25, -0.2) is 9.97 Å². The van der Waals surface area contributed by atoms with E-state index in [0.29, 0.717) is 31.5 Å². The number of thioether (sulfide) groups is 1. The molecular weight excluding hydrogens is 473 g/mol. The number of rotatable bonds is 5. The number of hydrogen-bond donors (Lipinski definition) is 2. The monoisotopic (exact) mass is 492 g/mol. The van der Waals surface area contributed by atoms with Crippen LogP contribution in [0.25, 0.3) is 10.2 Å². The second-order valence-corrected chi connectivity index (χ2v) is 10.3. The second kappa shape index (κ2) is 8.60. The molecule has 1 aliphatic carbocycles. The van der Waals surface area contributed by atoms with Crippen LogP contribution >= 0.6 is 23.1 Å². The number of anilines is 2. The van der Waals surface area contributed by atoms with Crippen molar-refractivity contribution >= 4 is 55.8 Å². The maximum Gasteiger partial charge on any atom is 0.390 e. The summed E-state index contributed by atoms with van der Waals surface area (Å²) in [5.41, 5.74) is 2.94. The van der Waals surface area contributed by atoms with Crippen molar-refractivity contribution in [3.63, 3.8) is 0 Å². The number of benzene rings is 1. The zero-order valence-corrected chi connectivity index (χ0v) is 18.9. The molecule has 5 rings (SSSR count). The predicted molar refractivity (Wildman–Crippen MR) is 121 cm³/mol. The Morgan fingerprint density at radius 1 is 1.24 bits per heavy atom. The van der Waals surface area contributed by atoms with Gasteiger partial charge in [-0.3, -0.25) is 9.59 Å². The fourth-order valence-electron chi connectivity index (χ4n) is 4.22. The molecule has 0 fully saturated rings. The van der Waals surface area contributed by atoms with E-state index in [1.54, 1.807) is 0 Å². The average molecular weight is 493 g/mol. The Hall–Kier alpha value is -2.66. The molecule has 0 saturated heterocycles. The van der Waals surface area contributed by atoms with Gasteiger partial charge in [-0.05, 0) is 42.5 Å². The largest absolute Gasteiger partial charge is 0.390 e. The van der Waals surface area contributed by atoms with E-state index in [1.807, 2.05) is 18.2 Å². The lowest BCUT2D eigenvalue weighted by molar-refractivity contribution is -0.136. The number of aromatic nitrogens is 2. The molecule has 0 bridgehead atoms. The van der Waals surface area contributed by atoms with Crippen LogP contribution in [0.2, 0.25) is 0 Å². The highest BCUT2D eigenvalue weighted by molar-refractivity contribution is 8.14. The van der Waals surface area contributed by atoms with E-state index in [4.69, 9.17) is 0 Å². The molecular formula is C22H19F3N4O2S2. The van der Waals surface area contributed by atoms with Crippen LogP contribution in [0.5, 0.6) is 0 Å².